The fourth-order valence-corrected chi connectivity index (χ4v) is 3.95. The van der Waals surface area contributed by atoms with Gasteiger partial charge >= 0.3 is 0 Å². The van der Waals surface area contributed by atoms with Crippen molar-refractivity contribution in [1.29, 1.82) is 0 Å². The van der Waals surface area contributed by atoms with Crippen LogP contribution in [0.3, 0.4) is 0 Å². The van der Waals surface area contributed by atoms with Gasteiger partial charge < -0.3 is 9.67 Å². The van der Waals surface area contributed by atoms with Crippen molar-refractivity contribution >= 4 is 16.8 Å². The second-order valence-corrected chi connectivity index (χ2v) is 7.32. The van der Waals surface area contributed by atoms with Crippen molar-refractivity contribution in [2.45, 2.75) is 32.4 Å². The molecular formula is C25H24N2O2. The zero-order chi connectivity index (χ0) is 20.4. The first-order chi connectivity index (χ1) is 14.0. The van der Waals surface area contributed by atoms with Gasteiger partial charge in [0.25, 0.3) is 0 Å². The number of carbonyl (C=O) groups is 1. The second kappa shape index (κ2) is 7.64. The van der Waals surface area contributed by atoms with E-state index in [1.54, 1.807) is 6.92 Å². The highest BCUT2D eigenvalue weighted by Gasteiger charge is 2.38. The van der Waals surface area contributed by atoms with E-state index in [1.165, 1.54) is 0 Å². The maximum Gasteiger partial charge on any atom is 0.173 e. The van der Waals surface area contributed by atoms with E-state index >= 15 is 0 Å². The maximum atomic E-state index is 12.1. The lowest BCUT2D eigenvalue weighted by molar-refractivity contribution is -0.116. The Kier molecular flexibility index (Phi) is 5.03. The molecule has 1 heterocycles. The molecule has 0 radical (unpaired) electrons. The molecule has 4 aromatic rings. The first kappa shape index (κ1) is 19.1. The van der Waals surface area contributed by atoms with Gasteiger partial charge in [-0.15, -0.1) is 0 Å². The molecular weight excluding hydrogens is 360 g/mol. The van der Waals surface area contributed by atoms with Crippen LogP contribution in [0.15, 0.2) is 78.9 Å². The van der Waals surface area contributed by atoms with Gasteiger partial charge in [0.2, 0.25) is 0 Å². The summed E-state index contributed by atoms with van der Waals surface area (Å²) in [6, 6.07) is 25.1. The molecule has 1 N–H and O–H groups in total. The Balaban J connectivity index is 1.99. The van der Waals surface area contributed by atoms with Crippen LogP contribution in [0.25, 0.3) is 11.0 Å². The molecule has 0 saturated heterocycles. The summed E-state index contributed by atoms with van der Waals surface area (Å²) in [6.07, 6.45) is 0.391. The molecule has 0 fully saturated rings. The van der Waals surface area contributed by atoms with Crippen LogP contribution in [0, 0.1) is 0 Å². The number of aliphatic hydroxyl groups is 1. The number of fused-ring (bicyclic) bond motifs is 1. The number of imidazole rings is 1. The van der Waals surface area contributed by atoms with Crippen LogP contribution in [0.4, 0.5) is 0 Å². The molecule has 0 atom stereocenters. The van der Waals surface area contributed by atoms with E-state index in [0.717, 1.165) is 27.7 Å². The number of aromatic nitrogens is 2. The number of benzene rings is 3. The molecule has 3 aromatic carbocycles. The van der Waals surface area contributed by atoms with Crippen molar-refractivity contribution < 1.29 is 9.90 Å². The first-order valence-electron chi connectivity index (χ1n) is 9.86. The summed E-state index contributed by atoms with van der Waals surface area (Å²) in [5.41, 5.74) is 2.82. The fourth-order valence-electron chi connectivity index (χ4n) is 3.95. The smallest absolute Gasteiger partial charge is 0.173 e. The topological polar surface area (TPSA) is 55.1 Å². The molecule has 0 aliphatic carbocycles. The van der Waals surface area contributed by atoms with Gasteiger partial charge in [-0.05, 0) is 42.7 Å². The Morgan fingerprint density at radius 1 is 0.966 bits per heavy atom. The summed E-state index contributed by atoms with van der Waals surface area (Å²) in [5, 5.41) is 12.1. The SMILES string of the molecule is CCn1c(C(O)(c2ccccc2)c2ccccc2)nc2ccc(CC(C)=O)cc21. The molecule has 4 nitrogen and oxygen atoms in total. The largest absolute Gasteiger partial charge is 0.373 e. The van der Waals surface area contributed by atoms with Crippen LogP contribution < -0.4 is 0 Å². The predicted octanol–water partition coefficient (Wildman–Crippen LogP) is 4.47. The van der Waals surface area contributed by atoms with Crippen LogP contribution >= 0.6 is 0 Å². The minimum absolute atomic E-state index is 0.122. The summed E-state index contributed by atoms with van der Waals surface area (Å²) < 4.78 is 2.04. The van der Waals surface area contributed by atoms with E-state index in [2.05, 4.69) is 0 Å². The Morgan fingerprint density at radius 2 is 1.55 bits per heavy atom. The van der Waals surface area contributed by atoms with Gasteiger partial charge in [-0.3, -0.25) is 4.79 Å². The minimum atomic E-state index is -1.39. The standard InChI is InChI=1S/C25H24N2O2/c1-3-27-23-17-19(16-18(2)28)14-15-22(23)26-24(27)25(29,20-10-6-4-7-11-20)21-12-8-5-9-13-21/h4-15,17,29H,3,16H2,1-2H3. The van der Waals surface area contributed by atoms with Gasteiger partial charge in [0.15, 0.2) is 11.4 Å². The van der Waals surface area contributed by atoms with Crippen molar-refractivity contribution in [2.75, 3.05) is 0 Å². The number of carbonyl (C=O) groups excluding carboxylic acids is 1. The number of hydrogen-bond acceptors (Lipinski definition) is 3. The molecule has 0 bridgehead atoms. The summed E-state index contributed by atoms with van der Waals surface area (Å²) in [7, 11) is 0. The summed E-state index contributed by atoms with van der Waals surface area (Å²) in [4.78, 5) is 16.4. The van der Waals surface area contributed by atoms with Crippen LogP contribution in [-0.2, 0) is 23.4 Å². The fraction of sp³-hybridized carbons (Fsp3) is 0.200. The van der Waals surface area contributed by atoms with Gasteiger partial charge in [-0.2, -0.15) is 0 Å². The molecule has 0 aliphatic rings. The van der Waals surface area contributed by atoms with Crippen molar-refractivity contribution in [1.82, 2.24) is 9.55 Å². The normalized spacial score (nSPS) is 11.7. The summed E-state index contributed by atoms with van der Waals surface area (Å²) in [5.74, 6) is 0.699. The van der Waals surface area contributed by atoms with E-state index < -0.39 is 5.60 Å². The number of aryl methyl sites for hydroxylation is 1. The second-order valence-electron chi connectivity index (χ2n) is 7.32. The van der Waals surface area contributed by atoms with Gasteiger partial charge in [-0.1, -0.05) is 66.7 Å². The van der Waals surface area contributed by atoms with Gasteiger partial charge in [0.1, 0.15) is 5.78 Å². The quantitative estimate of drug-likeness (QED) is 0.534. The maximum absolute atomic E-state index is 12.1. The highest BCUT2D eigenvalue weighted by atomic mass is 16.3. The van der Waals surface area contributed by atoms with Crippen LogP contribution in [0.5, 0.6) is 0 Å². The molecule has 0 aliphatic heterocycles. The highest BCUT2D eigenvalue weighted by molar-refractivity contribution is 5.82. The zero-order valence-corrected chi connectivity index (χ0v) is 16.7. The van der Waals surface area contributed by atoms with E-state index in [-0.39, 0.29) is 5.78 Å². The molecule has 146 valence electrons. The molecule has 29 heavy (non-hydrogen) atoms. The van der Waals surface area contributed by atoms with E-state index in [4.69, 9.17) is 4.98 Å². The molecule has 0 amide bonds. The number of rotatable bonds is 6. The van der Waals surface area contributed by atoms with Gasteiger partial charge in [-0.25, -0.2) is 4.98 Å². The third kappa shape index (κ3) is 3.36. The van der Waals surface area contributed by atoms with Crippen molar-refractivity contribution in [3.63, 3.8) is 0 Å². The molecule has 0 saturated carbocycles. The van der Waals surface area contributed by atoms with E-state index in [0.29, 0.717) is 18.8 Å². The lowest BCUT2D eigenvalue weighted by Gasteiger charge is -2.29. The van der Waals surface area contributed by atoms with Crippen LogP contribution in [0.2, 0.25) is 0 Å². The molecule has 4 rings (SSSR count). The lowest BCUT2D eigenvalue weighted by atomic mass is 9.85. The molecule has 0 unspecified atom stereocenters. The Hall–Kier alpha value is -3.24. The number of ketones is 1. The summed E-state index contributed by atoms with van der Waals surface area (Å²) in [6.45, 7) is 4.28. The average molecular weight is 384 g/mol. The molecule has 0 spiro atoms. The van der Waals surface area contributed by atoms with Crippen molar-refractivity contribution in [3.8, 4) is 0 Å². The number of nitrogens with zero attached hydrogens (tertiary/aromatic N) is 2. The lowest BCUT2D eigenvalue weighted by Crippen LogP contribution is -2.32. The number of hydrogen-bond donors (Lipinski definition) is 1. The van der Waals surface area contributed by atoms with Gasteiger partial charge in [0.05, 0.1) is 11.0 Å². The average Bonchev–Trinajstić information content (AvgIpc) is 3.12. The van der Waals surface area contributed by atoms with E-state index in [1.807, 2.05) is 90.4 Å². The minimum Gasteiger partial charge on any atom is -0.373 e. The Labute approximate surface area is 170 Å². The third-order valence-electron chi connectivity index (χ3n) is 5.29. The van der Waals surface area contributed by atoms with Crippen LogP contribution in [-0.4, -0.2) is 20.4 Å². The van der Waals surface area contributed by atoms with E-state index in [9.17, 15) is 9.90 Å². The summed E-state index contributed by atoms with van der Waals surface area (Å²) >= 11 is 0. The molecule has 4 heteroatoms. The molecule has 1 aromatic heterocycles. The first-order valence-corrected chi connectivity index (χ1v) is 9.86. The van der Waals surface area contributed by atoms with Gasteiger partial charge in [0, 0.05) is 13.0 Å². The Bertz CT molecular complexity index is 1110. The third-order valence-corrected chi connectivity index (χ3v) is 5.29. The Morgan fingerprint density at radius 3 is 2.07 bits per heavy atom. The monoisotopic (exact) mass is 384 g/mol. The van der Waals surface area contributed by atoms with Crippen molar-refractivity contribution in [2.24, 2.45) is 0 Å². The zero-order valence-electron chi connectivity index (χ0n) is 16.7. The highest BCUT2D eigenvalue weighted by Crippen LogP contribution is 2.37. The predicted molar refractivity (Wildman–Crippen MR) is 115 cm³/mol. The number of Topliss-reactive ketones (excluding diaryl/α,β-unsaturated/α-hetero) is 1. The van der Waals surface area contributed by atoms with Crippen LogP contribution in [0.1, 0.15) is 36.4 Å². The van der Waals surface area contributed by atoms with Crippen molar-refractivity contribution in [3.05, 3.63) is 101 Å².